The number of nitrogens with one attached hydrogen (secondary N) is 1. The summed E-state index contributed by atoms with van der Waals surface area (Å²) in [7, 11) is 0. The maximum Gasteiger partial charge on any atom is 0.275 e. The minimum atomic E-state index is -0.304. The molecule has 0 bridgehead atoms. The van der Waals surface area contributed by atoms with Gasteiger partial charge in [0.05, 0.1) is 23.6 Å². The largest absolute Gasteiger partial charge is 0.325 e. The number of carbonyl (C=O) groups excluding carboxylic acids is 1. The van der Waals surface area contributed by atoms with Crippen LogP contribution < -0.4 is 10.2 Å². The van der Waals surface area contributed by atoms with Gasteiger partial charge in [0.25, 0.3) is 5.91 Å². The third-order valence-corrected chi connectivity index (χ3v) is 5.14. The average molecular weight is 381 g/mol. The molecule has 0 fully saturated rings. The predicted molar refractivity (Wildman–Crippen MR) is 113 cm³/mol. The van der Waals surface area contributed by atoms with Crippen molar-refractivity contribution in [3.63, 3.8) is 0 Å². The number of hydrogen-bond acceptors (Lipinski definition) is 5. The van der Waals surface area contributed by atoms with Crippen LogP contribution in [-0.2, 0) is 6.42 Å². The van der Waals surface area contributed by atoms with Gasteiger partial charge in [-0.15, -0.1) is 0 Å². The normalized spacial score (nSPS) is 13.2. The molecule has 0 spiro atoms. The Morgan fingerprint density at radius 2 is 1.83 bits per heavy atom. The van der Waals surface area contributed by atoms with E-state index in [1.54, 1.807) is 12.4 Å². The molecule has 1 aliphatic rings. The first kappa shape index (κ1) is 17.3. The van der Waals surface area contributed by atoms with Crippen molar-refractivity contribution in [1.82, 2.24) is 15.0 Å². The van der Waals surface area contributed by atoms with Crippen LogP contribution in [0.1, 0.15) is 22.5 Å². The SMILES string of the molecule is O=C(Nc1cccc2cccnc12)c1cnc(N2CCCc3ccccc32)cn1. The highest BCUT2D eigenvalue weighted by Crippen LogP contribution is 2.31. The molecule has 1 aliphatic heterocycles. The van der Waals surface area contributed by atoms with Gasteiger partial charge in [-0.3, -0.25) is 9.78 Å². The van der Waals surface area contributed by atoms with Crippen molar-refractivity contribution in [3.05, 3.63) is 84.4 Å². The lowest BCUT2D eigenvalue weighted by molar-refractivity contribution is 0.102. The quantitative estimate of drug-likeness (QED) is 0.571. The molecule has 0 saturated carbocycles. The van der Waals surface area contributed by atoms with Gasteiger partial charge in [-0.1, -0.05) is 36.4 Å². The number of benzene rings is 2. The molecule has 0 aliphatic carbocycles. The molecule has 0 unspecified atom stereocenters. The van der Waals surface area contributed by atoms with Crippen molar-refractivity contribution in [2.75, 3.05) is 16.8 Å². The molecular weight excluding hydrogens is 362 g/mol. The van der Waals surface area contributed by atoms with Crippen LogP contribution in [0.3, 0.4) is 0 Å². The summed E-state index contributed by atoms with van der Waals surface area (Å²) >= 11 is 0. The Balaban J connectivity index is 1.39. The Morgan fingerprint density at radius 1 is 0.931 bits per heavy atom. The van der Waals surface area contributed by atoms with Gasteiger partial charge in [0.2, 0.25) is 0 Å². The fraction of sp³-hybridized carbons (Fsp3) is 0.130. The molecule has 29 heavy (non-hydrogen) atoms. The third-order valence-electron chi connectivity index (χ3n) is 5.14. The Hall–Kier alpha value is -3.80. The number of nitrogens with zero attached hydrogens (tertiary/aromatic N) is 4. The molecule has 6 nitrogen and oxygen atoms in total. The molecule has 4 aromatic rings. The zero-order chi connectivity index (χ0) is 19.6. The molecule has 1 amide bonds. The number of rotatable bonds is 3. The van der Waals surface area contributed by atoms with Gasteiger partial charge in [-0.05, 0) is 36.6 Å². The van der Waals surface area contributed by atoms with Gasteiger partial charge in [-0.2, -0.15) is 0 Å². The van der Waals surface area contributed by atoms with Crippen molar-refractivity contribution in [1.29, 1.82) is 0 Å². The summed E-state index contributed by atoms with van der Waals surface area (Å²) in [5.74, 6) is 0.446. The standard InChI is InChI=1S/C23H19N5O/c29-23(27-18-10-3-7-17-8-4-12-24-22(17)18)19-14-26-21(15-25-19)28-13-5-9-16-6-1-2-11-20(16)28/h1-4,6-8,10-12,14-15H,5,9,13H2,(H,27,29). The van der Waals surface area contributed by atoms with E-state index in [1.165, 1.54) is 11.8 Å². The molecule has 3 heterocycles. The van der Waals surface area contributed by atoms with Gasteiger partial charge in [0.15, 0.2) is 5.82 Å². The fourth-order valence-electron chi connectivity index (χ4n) is 3.74. The Morgan fingerprint density at radius 3 is 2.72 bits per heavy atom. The molecule has 0 radical (unpaired) electrons. The number of aryl methyl sites for hydroxylation is 1. The summed E-state index contributed by atoms with van der Waals surface area (Å²) in [4.78, 5) is 28.1. The number of para-hydroxylation sites is 2. The summed E-state index contributed by atoms with van der Waals surface area (Å²) in [5.41, 5.74) is 4.15. The first-order valence-corrected chi connectivity index (χ1v) is 9.62. The number of carbonyl (C=O) groups is 1. The smallest absolute Gasteiger partial charge is 0.275 e. The number of pyridine rings is 1. The van der Waals surface area contributed by atoms with Crippen molar-refractivity contribution >= 4 is 34.0 Å². The highest BCUT2D eigenvalue weighted by atomic mass is 16.1. The second-order valence-electron chi connectivity index (χ2n) is 6.98. The summed E-state index contributed by atoms with van der Waals surface area (Å²) in [6.45, 7) is 0.888. The van der Waals surface area contributed by atoms with E-state index in [0.717, 1.165) is 41.8 Å². The van der Waals surface area contributed by atoms with Crippen molar-refractivity contribution in [2.24, 2.45) is 0 Å². The van der Waals surface area contributed by atoms with Crippen LogP contribution in [0.5, 0.6) is 0 Å². The van der Waals surface area contributed by atoms with Crippen LogP contribution in [-0.4, -0.2) is 27.4 Å². The predicted octanol–water partition coefficient (Wildman–Crippen LogP) is 4.36. The number of aromatic nitrogens is 3. The van der Waals surface area contributed by atoms with Gasteiger partial charge >= 0.3 is 0 Å². The van der Waals surface area contributed by atoms with Gasteiger partial charge in [-0.25, -0.2) is 9.97 Å². The molecule has 5 rings (SSSR count). The molecule has 142 valence electrons. The lowest BCUT2D eigenvalue weighted by atomic mass is 10.0. The van der Waals surface area contributed by atoms with E-state index in [0.29, 0.717) is 5.69 Å². The highest BCUT2D eigenvalue weighted by Gasteiger charge is 2.19. The third kappa shape index (κ3) is 3.29. The summed E-state index contributed by atoms with van der Waals surface area (Å²) in [5, 5.41) is 3.87. The second kappa shape index (κ2) is 7.31. The summed E-state index contributed by atoms with van der Waals surface area (Å²) in [6, 6.07) is 17.9. The zero-order valence-electron chi connectivity index (χ0n) is 15.7. The van der Waals surface area contributed by atoms with E-state index >= 15 is 0 Å². The van der Waals surface area contributed by atoms with Crippen molar-refractivity contribution in [2.45, 2.75) is 12.8 Å². The second-order valence-corrected chi connectivity index (χ2v) is 6.98. The first-order chi connectivity index (χ1) is 14.3. The molecule has 0 saturated heterocycles. The monoisotopic (exact) mass is 381 g/mol. The van der Waals surface area contributed by atoms with E-state index in [9.17, 15) is 4.79 Å². The Kier molecular flexibility index (Phi) is 4.37. The van der Waals surface area contributed by atoms with Gasteiger partial charge < -0.3 is 10.2 Å². The lowest BCUT2D eigenvalue weighted by Crippen LogP contribution is -2.25. The van der Waals surface area contributed by atoms with E-state index in [4.69, 9.17) is 0 Å². The van der Waals surface area contributed by atoms with Crippen LogP contribution in [0.2, 0.25) is 0 Å². The summed E-state index contributed by atoms with van der Waals surface area (Å²) in [6.07, 6.45) is 7.04. The number of anilines is 3. The van der Waals surface area contributed by atoms with E-state index in [-0.39, 0.29) is 11.6 Å². The topological polar surface area (TPSA) is 71.0 Å². The number of fused-ring (bicyclic) bond motifs is 2. The van der Waals surface area contributed by atoms with Crippen molar-refractivity contribution < 1.29 is 4.79 Å². The molecule has 6 heteroatoms. The highest BCUT2D eigenvalue weighted by molar-refractivity contribution is 6.07. The van der Waals surface area contributed by atoms with E-state index in [1.807, 2.05) is 36.4 Å². The Labute approximate surface area is 168 Å². The molecule has 2 aromatic heterocycles. The molecule has 1 N–H and O–H groups in total. The van der Waals surface area contributed by atoms with Gasteiger partial charge in [0, 0.05) is 23.8 Å². The van der Waals surface area contributed by atoms with Crippen LogP contribution in [0.4, 0.5) is 17.2 Å². The van der Waals surface area contributed by atoms with E-state index in [2.05, 4.69) is 43.4 Å². The Bertz CT molecular complexity index is 1180. The summed E-state index contributed by atoms with van der Waals surface area (Å²) < 4.78 is 0. The van der Waals surface area contributed by atoms with Gasteiger partial charge in [0.1, 0.15) is 5.69 Å². The average Bonchev–Trinajstić information content (AvgIpc) is 2.79. The minimum Gasteiger partial charge on any atom is -0.325 e. The van der Waals surface area contributed by atoms with Crippen LogP contribution in [0.15, 0.2) is 73.2 Å². The number of amides is 1. The maximum atomic E-state index is 12.7. The van der Waals surface area contributed by atoms with Crippen LogP contribution in [0.25, 0.3) is 10.9 Å². The van der Waals surface area contributed by atoms with Crippen molar-refractivity contribution in [3.8, 4) is 0 Å². The fourth-order valence-corrected chi connectivity index (χ4v) is 3.74. The molecular formula is C23H19N5O. The maximum absolute atomic E-state index is 12.7. The first-order valence-electron chi connectivity index (χ1n) is 9.62. The molecule has 0 atom stereocenters. The minimum absolute atomic E-state index is 0.270. The van der Waals surface area contributed by atoms with Crippen LogP contribution >= 0.6 is 0 Å². The zero-order valence-corrected chi connectivity index (χ0v) is 15.7. The van der Waals surface area contributed by atoms with Crippen LogP contribution in [0, 0.1) is 0 Å². The molecule has 2 aromatic carbocycles. The lowest BCUT2D eigenvalue weighted by Gasteiger charge is -2.30. The van der Waals surface area contributed by atoms with E-state index < -0.39 is 0 Å². The number of hydrogen-bond donors (Lipinski definition) is 1.